The number of amides is 2. The van der Waals surface area contributed by atoms with Crippen molar-refractivity contribution in [3.63, 3.8) is 0 Å². The van der Waals surface area contributed by atoms with E-state index in [1.54, 1.807) is 61.5 Å². The van der Waals surface area contributed by atoms with Crippen molar-refractivity contribution in [1.82, 2.24) is 4.90 Å². The molecular weight excluding hydrogens is 564 g/mol. The SMILES string of the molecule is CCOC(=O)c1ccc(N=C2S[C@@H](C(=O)Nc3cc(Cl)cc(Cl)c3)CC(=O)N2CCc2ccc(F)cc2)cc1. The molecule has 1 heterocycles. The third kappa shape index (κ3) is 7.81. The van der Waals surface area contributed by atoms with Crippen LogP contribution in [0.3, 0.4) is 0 Å². The van der Waals surface area contributed by atoms with Crippen LogP contribution in [0, 0.1) is 5.82 Å². The lowest BCUT2D eigenvalue weighted by molar-refractivity contribution is -0.129. The second-order valence-corrected chi connectivity index (χ2v) is 10.6. The average Bonchev–Trinajstić information content (AvgIpc) is 2.89. The number of aliphatic imine (C=N–C) groups is 1. The summed E-state index contributed by atoms with van der Waals surface area (Å²) >= 11 is 13.2. The molecule has 0 bridgehead atoms. The van der Waals surface area contributed by atoms with Crippen LogP contribution < -0.4 is 5.32 Å². The Morgan fingerprint density at radius 3 is 2.38 bits per heavy atom. The number of benzene rings is 3. The molecular formula is C28H24Cl2FN3O4S. The average molecular weight is 588 g/mol. The fourth-order valence-electron chi connectivity index (χ4n) is 3.80. The Balaban J connectivity index is 1.57. The minimum atomic E-state index is -0.755. The highest BCUT2D eigenvalue weighted by molar-refractivity contribution is 8.15. The molecule has 0 unspecified atom stereocenters. The van der Waals surface area contributed by atoms with Crippen LogP contribution in [0.5, 0.6) is 0 Å². The predicted octanol–water partition coefficient (Wildman–Crippen LogP) is 6.51. The lowest BCUT2D eigenvalue weighted by atomic mass is 10.1. The minimum Gasteiger partial charge on any atom is -0.462 e. The van der Waals surface area contributed by atoms with Gasteiger partial charge >= 0.3 is 5.97 Å². The van der Waals surface area contributed by atoms with Gasteiger partial charge in [0.05, 0.1) is 17.9 Å². The van der Waals surface area contributed by atoms with Crippen LogP contribution in [0.4, 0.5) is 15.8 Å². The van der Waals surface area contributed by atoms with Gasteiger partial charge in [0, 0.05) is 28.7 Å². The van der Waals surface area contributed by atoms with Crippen molar-refractivity contribution >= 4 is 69.3 Å². The molecule has 1 saturated heterocycles. The molecule has 0 saturated carbocycles. The maximum Gasteiger partial charge on any atom is 0.338 e. The summed E-state index contributed by atoms with van der Waals surface area (Å²) in [6, 6.07) is 17.2. The van der Waals surface area contributed by atoms with Crippen molar-refractivity contribution in [3.05, 3.63) is 93.7 Å². The molecule has 0 radical (unpaired) electrons. The van der Waals surface area contributed by atoms with E-state index in [1.165, 1.54) is 17.0 Å². The van der Waals surface area contributed by atoms with Gasteiger partial charge < -0.3 is 10.1 Å². The molecule has 0 spiro atoms. The molecule has 0 aliphatic carbocycles. The molecule has 3 aromatic carbocycles. The van der Waals surface area contributed by atoms with Crippen LogP contribution in [-0.4, -0.2) is 46.3 Å². The van der Waals surface area contributed by atoms with Gasteiger partial charge in [0.1, 0.15) is 11.1 Å². The minimum absolute atomic E-state index is 0.0466. The topological polar surface area (TPSA) is 88.1 Å². The van der Waals surface area contributed by atoms with Crippen molar-refractivity contribution < 1.29 is 23.5 Å². The van der Waals surface area contributed by atoms with E-state index in [-0.39, 0.29) is 31.3 Å². The van der Waals surface area contributed by atoms with Crippen LogP contribution in [0.25, 0.3) is 0 Å². The zero-order chi connectivity index (χ0) is 27.9. The van der Waals surface area contributed by atoms with E-state index in [9.17, 15) is 18.8 Å². The lowest BCUT2D eigenvalue weighted by Crippen LogP contribution is -2.46. The number of anilines is 1. The molecule has 0 aromatic heterocycles. The number of carbonyl (C=O) groups is 3. The molecule has 2 amide bonds. The van der Waals surface area contributed by atoms with Crippen molar-refractivity contribution in [2.75, 3.05) is 18.5 Å². The molecule has 1 atom stereocenters. The summed E-state index contributed by atoms with van der Waals surface area (Å²) in [5, 5.41) is 3.08. The number of rotatable bonds is 8. The summed E-state index contributed by atoms with van der Waals surface area (Å²) < 4.78 is 18.3. The summed E-state index contributed by atoms with van der Waals surface area (Å²) in [4.78, 5) is 44.5. The highest BCUT2D eigenvalue weighted by Crippen LogP contribution is 2.31. The van der Waals surface area contributed by atoms with E-state index in [0.717, 1.165) is 17.3 Å². The normalized spacial score (nSPS) is 16.3. The van der Waals surface area contributed by atoms with E-state index in [2.05, 4.69) is 10.3 Å². The van der Waals surface area contributed by atoms with Gasteiger partial charge in [-0.15, -0.1) is 0 Å². The van der Waals surface area contributed by atoms with Crippen molar-refractivity contribution in [2.24, 2.45) is 4.99 Å². The zero-order valence-electron chi connectivity index (χ0n) is 20.8. The largest absolute Gasteiger partial charge is 0.462 e. The summed E-state index contributed by atoms with van der Waals surface area (Å²) in [5.74, 6) is -1.46. The maximum absolute atomic E-state index is 13.3. The zero-order valence-corrected chi connectivity index (χ0v) is 23.2. The first-order chi connectivity index (χ1) is 18.7. The number of esters is 1. The van der Waals surface area contributed by atoms with E-state index in [4.69, 9.17) is 27.9 Å². The number of halogens is 3. The van der Waals surface area contributed by atoms with Gasteiger partial charge in [-0.3, -0.25) is 14.5 Å². The number of nitrogens with one attached hydrogen (secondary N) is 1. The Bertz CT molecular complexity index is 1380. The molecule has 4 rings (SSSR count). The quantitative estimate of drug-likeness (QED) is 0.303. The predicted molar refractivity (Wildman–Crippen MR) is 152 cm³/mol. The lowest BCUT2D eigenvalue weighted by Gasteiger charge is -2.32. The molecule has 1 aliphatic heterocycles. The van der Waals surface area contributed by atoms with Crippen LogP contribution in [0.1, 0.15) is 29.3 Å². The van der Waals surface area contributed by atoms with E-state index < -0.39 is 17.1 Å². The summed E-state index contributed by atoms with van der Waals surface area (Å²) in [7, 11) is 0. The van der Waals surface area contributed by atoms with Crippen molar-refractivity contribution in [2.45, 2.75) is 25.0 Å². The molecule has 3 aromatic rings. The molecule has 39 heavy (non-hydrogen) atoms. The Morgan fingerprint density at radius 2 is 1.74 bits per heavy atom. The molecule has 202 valence electrons. The van der Waals surface area contributed by atoms with Crippen molar-refractivity contribution in [1.29, 1.82) is 0 Å². The van der Waals surface area contributed by atoms with E-state index >= 15 is 0 Å². The van der Waals surface area contributed by atoms with Crippen molar-refractivity contribution in [3.8, 4) is 0 Å². The number of hydrogen-bond acceptors (Lipinski definition) is 6. The Hall–Kier alpha value is -3.40. The highest BCUT2D eigenvalue weighted by atomic mass is 35.5. The first-order valence-electron chi connectivity index (χ1n) is 12.1. The Morgan fingerprint density at radius 1 is 1.08 bits per heavy atom. The van der Waals surface area contributed by atoms with Gasteiger partial charge in [0.15, 0.2) is 5.17 Å². The summed E-state index contributed by atoms with van der Waals surface area (Å²) in [5.41, 5.74) is 2.13. The fraction of sp³-hybridized carbons (Fsp3) is 0.214. The van der Waals surface area contributed by atoms with E-state index in [1.807, 2.05) is 0 Å². The molecule has 1 N–H and O–H groups in total. The monoisotopic (exact) mass is 587 g/mol. The van der Waals surface area contributed by atoms with Gasteiger partial charge in [0.25, 0.3) is 0 Å². The fourth-order valence-corrected chi connectivity index (χ4v) is 5.45. The second kappa shape index (κ2) is 13.1. The van der Waals surface area contributed by atoms with Crippen LogP contribution in [0.15, 0.2) is 71.7 Å². The summed E-state index contributed by atoms with van der Waals surface area (Å²) in [6.07, 6.45) is 0.417. The smallest absolute Gasteiger partial charge is 0.338 e. The van der Waals surface area contributed by atoms with E-state index in [0.29, 0.717) is 38.6 Å². The van der Waals surface area contributed by atoms with Crippen LogP contribution in [0.2, 0.25) is 10.0 Å². The van der Waals surface area contributed by atoms with Crippen LogP contribution >= 0.6 is 35.0 Å². The number of ether oxygens (including phenoxy) is 1. The van der Waals surface area contributed by atoms with Gasteiger partial charge in [-0.05, 0) is 73.5 Å². The molecule has 1 aliphatic rings. The number of thioether (sulfide) groups is 1. The standard InChI is InChI=1S/C28H24Cl2FN3O4S/c1-2-38-27(37)18-5-9-22(10-6-18)33-28-34(12-11-17-3-7-21(31)8-4-17)25(35)16-24(39-28)26(36)32-23-14-19(29)13-20(30)15-23/h3-10,13-15,24H,2,11-12,16H2,1H3,(H,32,36)/t24-/m1/s1. The second-order valence-electron chi connectivity index (χ2n) is 8.54. The maximum atomic E-state index is 13.3. The van der Waals surface area contributed by atoms with Gasteiger partial charge in [-0.1, -0.05) is 47.1 Å². The number of carbonyl (C=O) groups excluding carboxylic acids is 3. The first kappa shape index (κ1) is 28.6. The Kier molecular flexibility index (Phi) is 9.61. The number of amidine groups is 1. The van der Waals surface area contributed by atoms with Gasteiger partial charge in [-0.2, -0.15) is 0 Å². The Labute approximate surface area is 239 Å². The molecule has 11 heteroatoms. The summed E-state index contributed by atoms with van der Waals surface area (Å²) in [6.45, 7) is 2.27. The van der Waals surface area contributed by atoms with Crippen LogP contribution in [-0.2, 0) is 20.7 Å². The third-order valence-corrected chi connectivity index (χ3v) is 7.33. The van der Waals surface area contributed by atoms with Gasteiger partial charge in [0.2, 0.25) is 11.8 Å². The van der Waals surface area contributed by atoms with Gasteiger partial charge in [-0.25, -0.2) is 14.2 Å². The third-order valence-electron chi connectivity index (χ3n) is 5.70. The highest BCUT2D eigenvalue weighted by Gasteiger charge is 2.36. The number of hydrogen-bond donors (Lipinski definition) is 1. The first-order valence-corrected chi connectivity index (χ1v) is 13.7. The molecule has 1 fully saturated rings. The number of nitrogens with zero attached hydrogens (tertiary/aromatic N) is 2. The molecule has 7 nitrogen and oxygen atoms in total.